The van der Waals surface area contributed by atoms with Gasteiger partial charge < -0.3 is 19.9 Å². The number of nitrogens with zero attached hydrogens (tertiary/aromatic N) is 6. The van der Waals surface area contributed by atoms with Gasteiger partial charge in [-0.05, 0) is 33.5 Å². The fraction of sp³-hybridized carbons (Fsp3) is 0.304. The smallest absolute Gasteiger partial charge is 0.180 e. The molecule has 1 atom stereocenters. The van der Waals surface area contributed by atoms with E-state index in [4.69, 9.17) is 0 Å². The number of likely N-dealkylation sites (N-methyl/N-ethyl adjacent to an activating group) is 1. The van der Waals surface area contributed by atoms with Crippen molar-refractivity contribution in [2.24, 2.45) is 0 Å². The van der Waals surface area contributed by atoms with E-state index in [2.05, 4.69) is 77.6 Å². The van der Waals surface area contributed by atoms with Crippen molar-refractivity contribution in [2.75, 3.05) is 23.9 Å². The van der Waals surface area contributed by atoms with Crippen LogP contribution in [-0.4, -0.2) is 54.6 Å². The van der Waals surface area contributed by atoms with E-state index in [-0.39, 0.29) is 6.61 Å². The van der Waals surface area contributed by atoms with Gasteiger partial charge in [0.2, 0.25) is 0 Å². The lowest BCUT2D eigenvalue weighted by atomic mass is 9.98. The number of nitrogens with one attached hydrogen (secondary N) is 2. The highest BCUT2D eigenvalue weighted by molar-refractivity contribution is 5.80. The molecule has 5 rings (SSSR count). The maximum absolute atomic E-state index is 10.1. The SMILES string of the molecule is CCCC1(CO)Nc2ncn(Cc3ccc(-c4ccccc4-c4nnn[nH]4)cc3)c2N1C. The van der Waals surface area contributed by atoms with Crippen LogP contribution in [0.25, 0.3) is 22.5 Å². The summed E-state index contributed by atoms with van der Waals surface area (Å²) in [5, 5.41) is 27.8. The van der Waals surface area contributed by atoms with Crippen LogP contribution in [-0.2, 0) is 6.54 Å². The molecule has 3 heterocycles. The standard InChI is InChI=1S/C23H26N8O/c1-3-12-23(14-32)25-21-22(30(23)2)31(15-24-21)13-16-8-10-17(11-9-16)18-6-4-5-7-19(18)20-26-28-29-27-20/h4-11,15,25,32H,3,12-14H2,1-2H3,(H,26,27,28,29). The summed E-state index contributed by atoms with van der Waals surface area (Å²) in [6.45, 7) is 2.84. The first-order valence-electron chi connectivity index (χ1n) is 10.8. The molecule has 164 valence electrons. The van der Waals surface area contributed by atoms with Crippen LogP contribution in [0.5, 0.6) is 0 Å². The molecule has 0 saturated heterocycles. The van der Waals surface area contributed by atoms with Gasteiger partial charge in [-0.1, -0.05) is 61.9 Å². The summed E-state index contributed by atoms with van der Waals surface area (Å²) in [6, 6.07) is 16.6. The van der Waals surface area contributed by atoms with Crippen LogP contribution in [0.3, 0.4) is 0 Å². The minimum Gasteiger partial charge on any atom is -0.392 e. The van der Waals surface area contributed by atoms with Crippen molar-refractivity contribution in [3.63, 3.8) is 0 Å². The molecule has 1 aliphatic heterocycles. The Morgan fingerprint density at radius 2 is 1.84 bits per heavy atom. The third-order valence-electron chi connectivity index (χ3n) is 6.19. The Labute approximate surface area is 186 Å². The fourth-order valence-corrected chi connectivity index (χ4v) is 4.51. The first-order chi connectivity index (χ1) is 15.6. The van der Waals surface area contributed by atoms with Crippen LogP contribution in [0.15, 0.2) is 54.9 Å². The number of hydrogen-bond acceptors (Lipinski definition) is 7. The maximum Gasteiger partial charge on any atom is 0.180 e. The number of fused-ring (bicyclic) bond motifs is 1. The molecule has 0 spiro atoms. The van der Waals surface area contributed by atoms with Crippen molar-refractivity contribution < 1.29 is 5.11 Å². The number of rotatable bonds is 7. The monoisotopic (exact) mass is 430 g/mol. The largest absolute Gasteiger partial charge is 0.392 e. The van der Waals surface area contributed by atoms with E-state index in [9.17, 15) is 5.11 Å². The number of aliphatic hydroxyl groups excluding tert-OH is 1. The zero-order valence-corrected chi connectivity index (χ0v) is 18.2. The van der Waals surface area contributed by atoms with Gasteiger partial charge in [0, 0.05) is 12.6 Å². The van der Waals surface area contributed by atoms with Gasteiger partial charge in [-0.2, -0.15) is 0 Å². The Morgan fingerprint density at radius 1 is 1.06 bits per heavy atom. The average Bonchev–Trinajstić information content (AvgIpc) is 3.54. The Balaban J connectivity index is 1.40. The second-order valence-electron chi connectivity index (χ2n) is 8.16. The lowest BCUT2D eigenvalue weighted by molar-refractivity contribution is 0.204. The second-order valence-corrected chi connectivity index (χ2v) is 8.16. The van der Waals surface area contributed by atoms with Gasteiger partial charge in [0.25, 0.3) is 0 Å². The summed E-state index contributed by atoms with van der Waals surface area (Å²) in [5.74, 6) is 2.47. The molecule has 0 bridgehead atoms. The van der Waals surface area contributed by atoms with E-state index >= 15 is 0 Å². The number of anilines is 2. The highest BCUT2D eigenvalue weighted by Gasteiger charge is 2.43. The minimum absolute atomic E-state index is 0.0303. The van der Waals surface area contributed by atoms with Gasteiger partial charge in [-0.25, -0.2) is 10.1 Å². The molecule has 3 N–H and O–H groups in total. The lowest BCUT2D eigenvalue weighted by Crippen LogP contribution is -2.52. The Kier molecular flexibility index (Phi) is 5.10. The third-order valence-corrected chi connectivity index (χ3v) is 6.19. The summed E-state index contributed by atoms with van der Waals surface area (Å²) >= 11 is 0. The highest BCUT2D eigenvalue weighted by Crippen LogP contribution is 2.40. The van der Waals surface area contributed by atoms with E-state index in [1.54, 1.807) is 0 Å². The van der Waals surface area contributed by atoms with Crippen molar-refractivity contribution in [2.45, 2.75) is 32.0 Å². The molecule has 1 unspecified atom stereocenters. The predicted molar refractivity (Wildman–Crippen MR) is 123 cm³/mol. The fourth-order valence-electron chi connectivity index (χ4n) is 4.51. The molecule has 0 fully saturated rings. The zero-order chi connectivity index (χ0) is 22.1. The average molecular weight is 431 g/mol. The second kappa shape index (κ2) is 8.08. The number of imidazole rings is 1. The third kappa shape index (κ3) is 3.31. The summed E-state index contributed by atoms with van der Waals surface area (Å²) < 4.78 is 2.12. The summed E-state index contributed by atoms with van der Waals surface area (Å²) in [7, 11) is 2.02. The van der Waals surface area contributed by atoms with Crippen molar-refractivity contribution in [3.05, 3.63) is 60.4 Å². The number of aromatic nitrogens is 6. The van der Waals surface area contributed by atoms with Crippen LogP contribution < -0.4 is 10.2 Å². The number of H-pyrrole nitrogens is 1. The highest BCUT2D eigenvalue weighted by atomic mass is 16.3. The Hall–Kier alpha value is -3.72. The maximum atomic E-state index is 10.1. The van der Waals surface area contributed by atoms with Gasteiger partial charge in [-0.15, -0.1) is 5.10 Å². The van der Waals surface area contributed by atoms with E-state index in [1.807, 2.05) is 31.6 Å². The normalized spacial score (nSPS) is 17.4. The molecule has 0 aliphatic carbocycles. The van der Waals surface area contributed by atoms with Crippen LogP contribution in [0.4, 0.5) is 11.6 Å². The summed E-state index contributed by atoms with van der Waals surface area (Å²) in [4.78, 5) is 6.67. The summed E-state index contributed by atoms with van der Waals surface area (Å²) in [6.07, 6.45) is 3.65. The first kappa shape index (κ1) is 20.2. The van der Waals surface area contributed by atoms with Crippen LogP contribution in [0, 0.1) is 0 Å². The molecule has 9 nitrogen and oxygen atoms in total. The molecule has 0 saturated carbocycles. The van der Waals surface area contributed by atoms with Crippen molar-refractivity contribution in [1.82, 2.24) is 30.2 Å². The van der Waals surface area contributed by atoms with E-state index < -0.39 is 5.66 Å². The molecule has 0 radical (unpaired) electrons. The first-order valence-corrected chi connectivity index (χ1v) is 10.8. The van der Waals surface area contributed by atoms with Gasteiger partial charge >= 0.3 is 0 Å². The van der Waals surface area contributed by atoms with E-state index in [1.165, 1.54) is 0 Å². The Bertz CT molecular complexity index is 1200. The molecule has 2 aromatic carbocycles. The molecule has 2 aromatic heterocycles. The number of tetrazole rings is 1. The van der Waals surface area contributed by atoms with Gasteiger partial charge in [0.05, 0.1) is 19.5 Å². The van der Waals surface area contributed by atoms with E-state index in [0.29, 0.717) is 12.4 Å². The molecule has 1 aliphatic rings. The lowest BCUT2D eigenvalue weighted by Gasteiger charge is -2.36. The topological polar surface area (TPSA) is 108 Å². The van der Waals surface area contributed by atoms with Gasteiger partial charge in [0.15, 0.2) is 17.5 Å². The van der Waals surface area contributed by atoms with Crippen molar-refractivity contribution >= 4 is 11.6 Å². The molecule has 9 heteroatoms. The van der Waals surface area contributed by atoms with Crippen LogP contribution in [0.2, 0.25) is 0 Å². The molecular formula is C23H26N8O. The number of benzene rings is 2. The summed E-state index contributed by atoms with van der Waals surface area (Å²) in [5.41, 5.74) is 3.80. The van der Waals surface area contributed by atoms with Crippen LogP contribution >= 0.6 is 0 Å². The number of hydrogen-bond donors (Lipinski definition) is 3. The van der Waals surface area contributed by atoms with Crippen molar-refractivity contribution in [1.29, 1.82) is 0 Å². The molecule has 4 aromatic rings. The number of aromatic amines is 1. The number of aliphatic hydroxyl groups is 1. The van der Waals surface area contributed by atoms with Crippen LogP contribution in [0.1, 0.15) is 25.3 Å². The molecule has 0 amide bonds. The quantitative estimate of drug-likeness (QED) is 0.413. The van der Waals surface area contributed by atoms with Gasteiger partial charge in [0.1, 0.15) is 5.66 Å². The molecular weight excluding hydrogens is 404 g/mol. The van der Waals surface area contributed by atoms with Crippen molar-refractivity contribution in [3.8, 4) is 22.5 Å². The van der Waals surface area contributed by atoms with Gasteiger partial charge in [-0.3, -0.25) is 0 Å². The minimum atomic E-state index is -0.488. The zero-order valence-electron chi connectivity index (χ0n) is 18.2. The predicted octanol–water partition coefficient (Wildman–Crippen LogP) is 3.13. The van der Waals surface area contributed by atoms with E-state index in [0.717, 1.165) is 46.7 Å². The molecule has 32 heavy (non-hydrogen) atoms. The Morgan fingerprint density at radius 3 is 2.53 bits per heavy atom.